The van der Waals surface area contributed by atoms with Gasteiger partial charge in [-0.15, -0.1) is 0 Å². The van der Waals surface area contributed by atoms with Crippen LogP contribution in [-0.2, 0) is 5.60 Å². The second-order valence-electron chi connectivity index (χ2n) is 5.86. The van der Waals surface area contributed by atoms with Gasteiger partial charge in [0.15, 0.2) is 0 Å². The fraction of sp³-hybridized carbons (Fsp3) is 0.0476. The molecule has 0 saturated carbocycles. The van der Waals surface area contributed by atoms with E-state index >= 15 is 0 Å². The molecule has 0 amide bonds. The molecule has 24 heavy (non-hydrogen) atoms. The minimum Gasteiger partial charge on any atom is -0.370 e. The Hall–Kier alpha value is -3.04. The third kappa shape index (κ3) is 1.95. The summed E-state index contributed by atoms with van der Waals surface area (Å²) in [4.78, 5) is 25.2. The second kappa shape index (κ2) is 5.25. The Kier molecular flexibility index (Phi) is 3.18. The predicted molar refractivity (Wildman–Crippen MR) is 90.9 cm³/mol. The quantitative estimate of drug-likeness (QED) is 0.735. The lowest BCUT2D eigenvalue weighted by Crippen LogP contribution is -2.38. The van der Waals surface area contributed by atoms with E-state index in [0.717, 1.165) is 11.1 Å². The van der Waals surface area contributed by atoms with Gasteiger partial charge >= 0.3 is 0 Å². The number of carbonyl (C=O) groups is 2. The summed E-state index contributed by atoms with van der Waals surface area (Å²) >= 11 is 0. The van der Waals surface area contributed by atoms with E-state index in [4.69, 9.17) is 0 Å². The van der Waals surface area contributed by atoms with Gasteiger partial charge < -0.3 is 5.11 Å². The van der Waals surface area contributed by atoms with Gasteiger partial charge in [-0.05, 0) is 16.7 Å². The summed E-state index contributed by atoms with van der Waals surface area (Å²) in [7, 11) is 0. The van der Waals surface area contributed by atoms with Gasteiger partial charge in [-0.25, -0.2) is 0 Å². The van der Waals surface area contributed by atoms with Crippen molar-refractivity contribution in [1.29, 1.82) is 0 Å². The lowest BCUT2D eigenvalue weighted by atomic mass is 9.88. The van der Waals surface area contributed by atoms with Crippen LogP contribution in [0.4, 0.5) is 0 Å². The van der Waals surface area contributed by atoms with E-state index in [0.29, 0.717) is 5.56 Å². The standard InChI is InChI=1S/C21H14O3/c22-19-17-8-4-5-9-18(17)20(23)21(19,24)16-12-10-15(11-13-16)14-6-2-1-3-7-14/h1-13,24H. The van der Waals surface area contributed by atoms with Crippen LogP contribution in [0, 0.1) is 0 Å². The Morgan fingerprint density at radius 1 is 0.583 bits per heavy atom. The molecular formula is C21H14O3. The molecule has 1 aliphatic rings. The van der Waals surface area contributed by atoms with Gasteiger partial charge in [0.2, 0.25) is 17.2 Å². The Morgan fingerprint density at radius 3 is 1.58 bits per heavy atom. The van der Waals surface area contributed by atoms with Crippen molar-refractivity contribution < 1.29 is 14.7 Å². The minimum atomic E-state index is -2.13. The first-order valence-electron chi connectivity index (χ1n) is 7.69. The molecule has 116 valence electrons. The molecule has 0 unspecified atom stereocenters. The number of hydrogen-bond acceptors (Lipinski definition) is 3. The first-order valence-corrected chi connectivity index (χ1v) is 7.69. The van der Waals surface area contributed by atoms with E-state index in [1.165, 1.54) is 0 Å². The van der Waals surface area contributed by atoms with Crippen molar-refractivity contribution in [2.75, 3.05) is 0 Å². The van der Waals surface area contributed by atoms with E-state index in [1.807, 2.05) is 42.5 Å². The summed E-state index contributed by atoms with van der Waals surface area (Å²) in [6, 6.07) is 23.2. The minimum absolute atomic E-state index is 0.275. The van der Waals surface area contributed by atoms with Crippen LogP contribution < -0.4 is 0 Å². The fourth-order valence-corrected chi connectivity index (χ4v) is 3.17. The Labute approximate surface area is 139 Å². The number of aliphatic hydroxyl groups is 1. The lowest BCUT2D eigenvalue weighted by molar-refractivity contribution is 0.0321. The van der Waals surface area contributed by atoms with Crippen molar-refractivity contribution in [2.45, 2.75) is 5.60 Å². The van der Waals surface area contributed by atoms with Gasteiger partial charge in [0.25, 0.3) is 0 Å². The summed E-state index contributed by atoms with van der Waals surface area (Å²) < 4.78 is 0. The third-order valence-electron chi connectivity index (χ3n) is 4.48. The zero-order chi connectivity index (χ0) is 16.7. The largest absolute Gasteiger partial charge is 0.370 e. The topological polar surface area (TPSA) is 54.4 Å². The molecular weight excluding hydrogens is 300 g/mol. The van der Waals surface area contributed by atoms with Crippen molar-refractivity contribution in [1.82, 2.24) is 0 Å². The number of benzene rings is 3. The molecule has 1 aliphatic carbocycles. The van der Waals surface area contributed by atoms with Crippen LogP contribution >= 0.6 is 0 Å². The molecule has 3 aromatic carbocycles. The molecule has 3 heteroatoms. The lowest BCUT2D eigenvalue weighted by Gasteiger charge is -2.19. The zero-order valence-electron chi connectivity index (χ0n) is 12.8. The Bertz CT molecular complexity index is 905. The fourth-order valence-electron chi connectivity index (χ4n) is 3.17. The van der Waals surface area contributed by atoms with Crippen molar-refractivity contribution in [2.24, 2.45) is 0 Å². The molecule has 0 aliphatic heterocycles. The molecule has 0 saturated heterocycles. The summed E-state index contributed by atoms with van der Waals surface area (Å²) in [5.41, 5.74) is 0.711. The monoisotopic (exact) mass is 314 g/mol. The number of Topliss-reactive ketones (excluding diaryl/α,β-unsaturated/α-hetero) is 2. The van der Waals surface area contributed by atoms with Crippen LogP contribution in [0.3, 0.4) is 0 Å². The SMILES string of the molecule is O=C1c2ccccc2C(=O)C1(O)c1ccc(-c2ccccc2)cc1. The van der Waals surface area contributed by atoms with Crippen LogP contribution in [0.5, 0.6) is 0 Å². The van der Waals surface area contributed by atoms with Crippen LogP contribution in [0.25, 0.3) is 11.1 Å². The Balaban J connectivity index is 1.77. The molecule has 3 aromatic rings. The average Bonchev–Trinajstić information content (AvgIpc) is 2.85. The molecule has 0 spiro atoms. The maximum absolute atomic E-state index is 12.6. The number of rotatable bonds is 2. The summed E-state index contributed by atoms with van der Waals surface area (Å²) in [5, 5.41) is 10.9. The van der Waals surface area contributed by atoms with Crippen LogP contribution in [0.15, 0.2) is 78.9 Å². The molecule has 0 radical (unpaired) electrons. The molecule has 0 heterocycles. The van der Waals surface area contributed by atoms with Gasteiger partial charge in [0.05, 0.1) is 0 Å². The smallest absolute Gasteiger partial charge is 0.216 e. The predicted octanol–water partition coefficient (Wildman–Crippen LogP) is 3.62. The number of ketones is 2. The maximum Gasteiger partial charge on any atom is 0.216 e. The van der Waals surface area contributed by atoms with Gasteiger partial charge in [-0.2, -0.15) is 0 Å². The molecule has 0 atom stereocenters. The van der Waals surface area contributed by atoms with Gasteiger partial charge in [-0.3, -0.25) is 9.59 Å². The third-order valence-corrected chi connectivity index (χ3v) is 4.48. The van der Waals surface area contributed by atoms with Gasteiger partial charge in [-0.1, -0.05) is 78.9 Å². The van der Waals surface area contributed by atoms with E-state index in [2.05, 4.69) is 0 Å². The highest BCUT2D eigenvalue weighted by Gasteiger charge is 2.52. The first-order chi connectivity index (χ1) is 11.6. The van der Waals surface area contributed by atoms with E-state index in [-0.39, 0.29) is 11.1 Å². The van der Waals surface area contributed by atoms with Crippen molar-refractivity contribution >= 4 is 11.6 Å². The number of hydrogen-bond donors (Lipinski definition) is 1. The van der Waals surface area contributed by atoms with Gasteiger partial charge in [0.1, 0.15) is 0 Å². The zero-order valence-corrected chi connectivity index (χ0v) is 12.8. The number of carbonyl (C=O) groups excluding carboxylic acids is 2. The molecule has 0 aromatic heterocycles. The maximum atomic E-state index is 12.6. The Morgan fingerprint density at radius 2 is 1.04 bits per heavy atom. The van der Waals surface area contributed by atoms with Crippen LogP contribution in [0.1, 0.15) is 26.3 Å². The highest BCUT2D eigenvalue weighted by molar-refractivity contribution is 6.31. The van der Waals surface area contributed by atoms with Crippen molar-refractivity contribution in [3.05, 3.63) is 95.6 Å². The summed E-state index contributed by atoms with van der Waals surface area (Å²) in [6.07, 6.45) is 0. The molecule has 4 rings (SSSR count). The molecule has 1 N–H and O–H groups in total. The van der Waals surface area contributed by atoms with E-state index in [9.17, 15) is 14.7 Å². The highest BCUT2D eigenvalue weighted by atomic mass is 16.3. The molecule has 3 nitrogen and oxygen atoms in total. The van der Waals surface area contributed by atoms with Gasteiger partial charge in [0, 0.05) is 11.1 Å². The molecule has 0 bridgehead atoms. The van der Waals surface area contributed by atoms with Crippen LogP contribution in [0.2, 0.25) is 0 Å². The van der Waals surface area contributed by atoms with Crippen LogP contribution in [-0.4, -0.2) is 16.7 Å². The van der Waals surface area contributed by atoms with Crippen molar-refractivity contribution in [3.63, 3.8) is 0 Å². The highest BCUT2D eigenvalue weighted by Crippen LogP contribution is 2.38. The average molecular weight is 314 g/mol. The normalized spacial score (nSPS) is 15.4. The molecule has 0 fully saturated rings. The summed E-state index contributed by atoms with van der Waals surface area (Å²) in [6.45, 7) is 0. The van der Waals surface area contributed by atoms with E-state index < -0.39 is 17.2 Å². The second-order valence-corrected chi connectivity index (χ2v) is 5.86. The number of fused-ring (bicyclic) bond motifs is 1. The van der Waals surface area contributed by atoms with E-state index in [1.54, 1.807) is 36.4 Å². The van der Waals surface area contributed by atoms with Crippen molar-refractivity contribution in [3.8, 4) is 11.1 Å². The first kappa shape index (κ1) is 14.5. The summed E-state index contributed by atoms with van der Waals surface area (Å²) in [5.74, 6) is -1.12.